The van der Waals surface area contributed by atoms with Gasteiger partial charge in [-0.05, 0) is 34.5 Å². The summed E-state index contributed by atoms with van der Waals surface area (Å²) in [5.74, 6) is -1.98. The Morgan fingerprint density at radius 2 is 2.10 bits per heavy atom. The molecule has 7 nitrogen and oxygen atoms in total. The number of likely N-dealkylation sites (N-methyl/N-ethyl adjacent to an activating group) is 1. The molecule has 1 atom stereocenters. The standard InChI is InChI=1S/C13H17BrN2O5/c1-3-4-8(13(19)20)15-11(17)7-16(2)12(18)9-5-6-10(14)21-9/h5-6,8H,3-4,7H2,1-2H3,(H,15,17)(H,19,20). The molecule has 21 heavy (non-hydrogen) atoms. The van der Waals surface area contributed by atoms with Crippen molar-refractivity contribution in [1.82, 2.24) is 10.2 Å². The number of carbonyl (C=O) groups is 3. The summed E-state index contributed by atoms with van der Waals surface area (Å²) in [7, 11) is 1.44. The predicted molar refractivity (Wildman–Crippen MR) is 77.8 cm³/mol. The number of amides is 2. The van der Waals surface area contributed by atoms with Crippen LogP contribution in [0, 0.1) is 0 Å². The van der Waals surface area contributed by atoms with Crippen LogP contribution in [-0.4, -0.2) is 47.4 Å². The first-order valence-electron chi connectivity index (χ1n) is 6.38. The number of carboxylic acids is 1. The van der Waals surface area contributed by atoms with Crippen molar-refractivity contribution in [3.63, 3.8) is 0 Å². The Morgan fingerprint density at radius 3 is 2.57 bits per heavy atom. The van der Waals surface area contributed by atoms with E-state index in [1.807, 2.05) is 6.92 Å². The highest BCUT2D eigenvalue weighted by Crippen LogP contribution is 2.15. The summed E-state index contributed by atoms with van der Waals surface area (Å²) >= 11 is 3.08. The van der Waals surface area contributed by atoms with E-state index in [-0.39, 0.29) is 12.3 Å². The van der Waals surface area contributed by atoms with E-state index in [9.17, 15) is 14.4 Å². The molecule has 0 bridgehead atoms. The van der Waals surface area contributed by atoms with Gasteiger partial charge in [0.15, 0.2) is 10.4 Å². The molecule has 0 aliphatic heterocycles. The highest BCUT2D eigenvalue weighted by molar-refractivity contribution is 9.10. The minimum atomic E-state index is -1.09. The largest absolute Gasteiger partial charge is 0.480 e. The number of nitrogens with zero attached hydrogens (tertiary/aromatic N) is 1. The Labute approximate surface area is 130 Å². The third-order valence-corrected chi connectivity index (χ3v) is 3.15. The second kappa shape index (κ2) is 7.82. The first-order chi connectivity index (χ1) is 9.85. The molecule has 1 heterocycles. The molecule has 2 N–H and O–H groups in total. The first kappa shape index (κ1) is 17.2. The number of aliphatic carboxylic acids is 1. The van der Waals surface area contributed by atoms with E-state index in [0.717, 1.165) is 4.90 Å². The van der Waals surface area contributed by atoms with Crippen molar-refractivity contribution in [2.45, 2.75) is 25.8 Å². The van der Waals surface area contributed by atoms with E-state index in [4.69, 9.17) is 9.52 Å². The van der Waals surface area contributed by atoms with Gasteiger partial charge >= 0.3 is 5.97 Å². The SMILES string of the molecule is CCCC(NC(=O)CN(C)C(=O)c1ccc(Br)o1)C(=O)O. The van der Waals surface area contributed by atoms with Gasteiger partial charge in [-0.1, -0.05) is 13.3 Å². The minimum absolute atomic E-state index is 0.0977. The van der Waals surface area contributed by atoms with Gasteiger partial charge < -0.3 is 19.7 Å². The lowest BCUT2D eigenvalue weighted by molar-refractivity contribution is -0.142. The van der Waals surface area contributed by atoms with Gasteiger partial charge in [0, 0.05) is 7.05 Å². The van der Waals surface area contributed by atoms with Crippen LogP contribution < -0.4 is 5.32 Å². The zero-order valence-corrected chi connectivity index (χ0v) is 13.3. The smallest absolute Gasteiger partial charge is 0.326 e. The molecule has 1 unspecified atom stereocenters. The number of carboxylic acid groups (broad SMARTS) is 1. The lowest BCUT2D eigenvalue weighted by Gasteiger charge is -2.18. The van der Waals surface area contributed by atoms with Crippen molar-refractivity contribution in [2.75, 3.05) is 13.6 Å². The number of nitrogens with one attached hydrogen (secondary N) is 1. The summed E-state index contributed by atoms with van der Waals surface area (Å²) in [5, 5.41) is 11.3. The fraction of sp³-hybridized carbons (Fsp3) is 0.462. The van der Waals surface area contributed by atoms with Crippen LogP contribution in [0.4, 0.5) is 0 Å². The summed E-state index contributed by atoms with van der Waals surface area (Å²) < 4.78 is 5.52. The van der Waals surface area contributed by atoms with E-state index >= 15 is 0 Å². The van der Waals surface area contributed by atoms with Crippen LogP contribution in [0.2, 0.25) is 0 Å². The Balaban J connectivity index is 2.57. The minimum Gasteiger partial charge on any atom is -0.480 e. The van der Waals surface area contributed by atoms with Gasteiger partial charge in [-0.15, -0.1) is 0 Å². The van der Waals surface area contributed by atoms with Crippen molar-refractivity contribution in [1.29, 1.82) is 0 Å². The third-order valence-electron chi connectivity index (χ3n) is 2.72. The quantitative estimate of drug-likeness (QED) is 0.766. The van der Waals surface area contributed by atoms with Crippen LogP contribution in [0.15, 0.2) is 21.2 Å². The average Bonchev–Trinajstić information content (AvgIpc) is 2.83. The van der Waals surface area contributed by atoms with Crippen molar-refractivity contribution >= 4 is 33.7 Å². The average molecular weight is 361 g/mol. The normalized spacial score (nSPS) is 11.8. The molecule has 1 rings (SSSR count). The Bertz CT molecular complexity index is 528. The molecule has 1 aromatic heterocycles. The maximum Gasteiger partial charge on any atom is 0.326 e. The molecule has 2 amide bonds. The maximum atomic E-state index is 12.0. The first-order valence-corrected chi connectivity index (χ1v) is 7.17. The van der Waals surface area contributed by atoms with Crippen LogP contribution in [0.1, 0.15) is 30.3 Å². The van der Waals surface area contributed by atoms with E-state index in [1.54, 1.807) is 6.07 Å². The van der Waals surface area contributed by atoms with Gasteiger partial charge in [0.05, 0.1) is 6.54 Å². The van der Waals surface area contributed by atoms with Gasteiger partial charge in [-0.25, -0.2) is 4.79 Å². The van der Waals surface area contributed by atoms with E-state index in [0.29, 0.717) is 17.5 Å². The van der Waals surface area contributed by atoms with Gasteiger partial charge in [-0.2, -0.15) is 0 Å². The fourth-order valence-electron chi connectivity index (χ4n) is 1.69. The summed E-state index contributed by atoms with van der Waals surface area (Å²) in [4.78, 5) is 35.8. The van der Waals surface area contributed by atoms with E-state index in [2.05, 4.69) is 21.2 Å². The molecule has 0 aliphatic rings. The molecule has 8 heteroatoms. The summed E-state index contributed by atoms with van der Waals surface area (Å²) in [6.07, 6.45) is 0.969. The topological polar surface area (TPSA) is 99.9 Å². The Morgan fingerprint density at radius 1 is 1.43 bits per heavy atom. The molecule has 0 saturated carbocycles. The highest BCUT2D eigenvalue weighted by atomic mass is 79.9. The molecule has 116 valence electrons. The second-order valence-electron chi connectivity index (χ2n) is 4.51. The van der Waals surface area contributed by atoms with Crippen LogP contribution in [0.3, 0.4) is 0 Å². The van der Waals surface area contributed by atoms with Gasteiger partial charge in [0.1, 0.15) is 6.04 Å². The lowest BCUT2D eigenvalue weighted by Crippen LogP contribution is -2.45. The van der Waals surface area contributed by atoms with Crippen LogP contribution >= 0.6 is 15.9 Å². The Kier molecular flexibility index (Phi) is 6.41. The van der Waals surface area contributed by atoms with E-state index in [1.165, 1.54) is 13.1 Å². The molecule has 0 fully saturated rings. The number of carbonyl (C=O) groups excluding carboxylic acids is 2. The van der Waals surface area contributed by atoms with Crippen molar-refractivity contribution in [3.8, 4) is 0 Å². The van der Waals surface area contributed by atoms with E-state index < -0.39 is 23.8 Å². The molecular formula is C13H17BrN2O5. The molecule has 0 aliphatic carbocycles. The number of hydrogen-bond acceptors (Lipinski definition) is 4. The van der Waals surface area contributed by atoms with Crippen LogP contribution in [0.5, 0.6) is 0 Å². The zero-order chi connectivity index (χ0) is 16.0. The number of hydrogen-bond donors (Lipinski definition) is 2. The molecule has 0 spiro atoms. The van der Waals surface area contributed by atoms with Crippen LogP contribution in [-0.2, 0) is 9.59 Å². The lowest BCUT2D eigenvalue weighted by atomic mass is 10.1. The molecule has 0 saturated heterocycles. The number of furan rings is 1. The second-order valence-corrected chi connectivity index (χ2v) is 5.29. The third kappa shape index (κ3) is 5.22. The van der Waals surface area contributed by atoms with Crippen molar-refractivity contribution < 1.29 is 23.9 Å². The van der Waals surface area contributed by atoms with Crippen LogP contribution in [0.25, 0.3) is 0 Å². The zero-order valence-electron chi connectivity index (χ0n) is 11.8. The summed E-state index contributed by atoms with van der Waals surface area (Å²) in [5.41, 5.74) is 0. The van der Waals surface area contributed by atoms with Gasteiger partial charge in [0.2, 0.25) is 5.91 Å². The van der Waals surface area contributed by atoms with Gasteiger partial charge in [0.25, 0.3) is 5.91 Å². The van der Waals surface area contributed by atoms with Gasteiger partial charge in [-0.3, -0.25) is 9.59 Å². The molecule has 0 radical (unpaired) electrons. The Hall–Kier alpha value is -1.83. The fourth-order valence-corrected chi connectivity index (χ4v) is 2.00. The monoisotopic (exact) mass is 360 g/mol. The predicted octanol–water partition coefficient (Wildman–Crippen LogP) is 1.48. The van der Waals surface area contributed by atoms with Crippen molar-refractivity contribution in [2.24, 2.45) is 0 Å². The highest BCUT2D eigenvalue weighted by Gasteiger charge is 2.22. The molecule has 1 aromatic rings. The summed E-state index contributed by atoms with van der Waals surface area (Å²) in [6, 6.07) is 2.12. The maximum absolute atomic E-state index is 12.0. The number of halogens is 1. The van der Waals surface area contributed by atoms with Crippen molar-refractivity contribution in [3.05, 3.63) is 22.6 Å². The molecule has 0 aromatic carbocycles. The summed E-state index contributed by atoms with van der Waals surface area (Å²) in [6.45, 7) is 1.58. The molecular weight excluding hydrogens is 344 g/mol. The number of rotatable bonds is 7.